The molecular weight excluding hydrogens is 418 g/mol. The first kappa shape index (κ1) is 21.0. The number of benzene rings is 1. The van der Waals surface area contributed by atoms with E-state index in [4.69, 9.17) is 0 Å². The molecule has 2 N–H and O–H groups in total. The molecule has 3 aromatic rings. The first-order valence-corrected chi connectivity index (χ1v) is 12.2. The first-order valence-electron chi connectivity index (χ1n) is 11.4. The molecule has 6 nitrogen and oxygen atoms in total. The van der Waals surface area contributed by atoms with E-state index in [0.717, 1.165) is 68.4 Å². The van der Waals surface area contributed by atoms with Crippen LogP contribution in [0.4, 0.5) is 16.4 Å². The number of piperazine rings is 1. The van der Waals surface area contributed by atoms with Crippen LogP contribution in [0.2, 0.25) is 0 Å². The fourth-order valence-electron chi connectivity index (χ4n) is 4.63. The van der Waals surface area contributed by atoms with E-state index in [1.165, 1.54) is 10.6 Å². The predicted octanol–water partition coefficient (Wildman–Crippen LogP) is 4.19. The van der Waals surface area contributed by atoms with Gasteiger partial charge in [-0.3, -0.25) is 9.78 Å². The topological polar surface area (TPSA) is 60.5 Å². The van der Waals surface area contributed by atoms with Crippen LogP contribution in [0.3, 0.4) is 0 Å². The number of thiophene rings is 1. The van der Waals surface area contributed by atoms with Crippen LogP contribution >= 0.6 is 11.3 Å². The Bertz CT molecular complexity index is 1040. The summed E-state index contributed by atoms with van der Waals surface area (Å²) in [5.74, 6) is 0.564. The van der Waals surface area contributed by atoms with Crippen molar-refractivity contribution in [3.8, 4) is 0 Å². The summed E-state index contributed by atoms with van der Waals surface area (Å²) in [6, 6.07) is 16.8. The van der Waals surface area contributed by atoms with Gasteiger partial charge in [0, 0.05) is 45.5 Å². The van der Waals surface area contributed by atoms with Crippen molar-refractivity contribution in [3.63, 3.8) is 0 Å². The Morgan fingerprint density at radius 3 is 2.53 bits per heavy atom. The molecule has 2 saturated heterocycles. The fraction of sp³-hybridized carbons (Fsp3) is 0.360. The molecule has 7 heteroatoms. The van der Waals surface area contributed by atoms with Crippen LogP contribution in [0.25, 0.3) is 0 Å². The Morgan fingerprint density at radius 1 is 0.969 bits per heavy atom. The Balaban J connectivity index is 1.22. The van der Waals surface area contributed by atoms with E-state index in [1.807, 2.05) is 12.1 Å². The molecule has 0 radical (unpaired) electrons. The third-order valence-corrected chi connectivity index (χ3v) is 7.54. The number of carbonyl (C=O) groups excluding carboxylic acids is 1. The van der Waals surface area contributed by atoms with Gasteiger partial charge in [0.2, 0.25) is 0 Å². The van der Waals surface area contributed by atoms with Gasteiger partial charge in [-0.15, -0.1) is 11.3 Å². The van der Waals surface area contributed by atoms with Gasteiger partial charge < -0.3 is 20.4 Å². The number of nitrogens with one attached hydrogen (secondary N) is 2. The molecule has 2 aliphatic rings. The van der Waals surface area contributed by atoms with Crippen LogP contribution in [-0.4, -0.2) is 50.2 Å². The van der Waals surface area contributed by atoms with Gasteiger partial charge in [-0.2, -0.15) is 0 Å². The lowest BCUT2D eigenvalue weighted by Crippen LogP contribution is -2.43. The second kappa shape index (κ2) is 9.71. The summed E-state index contributed by atoms with van der Waals surface area (Å²) in [7, 11) is 0. The van der Waals surface area contributed by atoms with Crippen molar-refractivity contribution < 1.29 is 4.79 Å². The number of hydrogen-bond acceptors (Lipinski definition) is 6. The fourth-order valence-corrected chi connectivity index (χ4v) is 5.58. The molecule has 4 heterocycles. The minimum atomic E-state index is -0.0650. The van der Waals surface area contributed by atoms with E-state index >= 15 is 0 Å². The van der Waals surface area contributed by atoms with Crippen molar-refractivity contribution in [2.45, 2.75) is 18.8 Å². The number of piperidine rings is 1. The lowest BCUT2D eigenvalue weighted by atomic mass is 9.90. The molecule has 1 amide bonds. The number of hydrogen-bond donors (Lipinski definition) is 2. The molecule has 0 unspecified atom stereocenters. The molecule has 2 aliphatic heterocycles. The zero-order valence-electron chi connectivity index (χ0n) is 18.2. The summed E-state index contributed by atoms with van der Waals surface area (Å²) in [5, 5.41) is 7.64. The highest BCUT2D eigenvalue weighted by molar-refractivity contribution is 7.18. The second-order valence-corrected chi connectivity index (χ2v) is 9.46. The monoisotopic (exact) mass is 447 g/mol. The van der Waals surface area contributed by atoms with Crippen molar-refractivity contribution in [3.05, 3.63) is 71.4 Å². The molecular formula is C25H29N5OS. The molecule has 5 rings (SSSR count). The maximum absolute atomic E-state index is 13.0. The molecule has 1 aromatic carbocycles. The average molecular weight is 448 g/mol. The van der Waals surface area contributed by atoms with Gasteiger partial charge in [0.1, 0.15) is 0 Å². The van der Waals surface area contributed by atoms with Gasteiger partial charge in [-0.1, -0.05) is 30.3 Å². The van der Waals surface area contributed by atoms with Crippen LogP contribution in [0, 0.1) is 0 Å². The standard InChI is InChI=1S/C25H29N5OS/c31-25(28-21-18-27-11-8-22(21)29-16-12-26-13-17-29)23-6-7-24(32-23)30-14-9-20(10-15-30)19-4-2-1-3-5-19/h1-8,11,18,20,26H,9-10,12-17H2,(H,28,31). The minimum Gasteiger partial charge on any atom is -0.367 e. The summed E-state index contributed by atoms with van der Waals surface area (Å²) >= 11 is 1.58. The highest BCUT2D eigenvalue weighted by Crippen LogP contribution is 2.34. The van der Waals surface area contributed by atoms with Gasteiger partial charge in [0.15, 0.2) is 0 Å². The normalized spacial score (nSPS) is 17.4. The van der Waals surface area contributed by atoms with Crippen molar-refractivity contribution >= 4 is 33.6 Å². The number of rotatable bonds is 5. The van der Waals surface area contributed by atoms with Crippen LogP contribution in [0.5, 0.6) is 0 Å². The maximum Gasteiger partial charge on any atom is 0.265 e. The zero-order chi connectivity index (χ0) is 21.8. The van der Waals surface area contributed by atoms with Crippen LogP contribution in [0.15, 0.2) is 60.9 Å². The maximum atomic E-state index is 13.0. The van der Waals surface area contributed by atoms with Crippen LogP contribution in [-0.2, 0) is 0 Å². The molecule has 0 saturated carbocycles. The molecule has 2 aromatic heterocycles. The minimum absolute atomic E-state index is 0.0650. The second-order valence-electron chi connectivity index (χ2n) is 8.39. The van der Waals surface area contributed by atoms with Gasteiger partial charge in [0.05, 0.1) is 27.4 Å². The zero-order valence-corrected chi connectivity index (χ0v) is 19.0. The van der Waals surface area contributed by atoms with Crippen LogP contribution in [0.1, 0.15) is 34.0 Å². The Morgan fingerprint density at radius 2 is 1.75 bits per heavy atom. The summed E-state index contributed by atoms with van der Waals surface area (Å²) in [6.07, 6.45) is 5.83. The van der Waals surface area contributed by atoms with Crippen molar-refractivity contribution in [2.75, 3.05) is 54.4 Å². The van der Waals surface area contributed by atoms with E-state index in [1.54, 1.807) is 23.7 Å². The average Bonchev–Trinajstić information content (AvgIpc) is 3.36. The van der Waals surface area contributed by atoms with Gasteiger partial charge in [-0.05, 0) is 42.5 Å². The molecule has 2 fully saturated rings. The molecule has 0 atom stereocenters. The van der Waals surface area contributed by atoms with Gasteiger partial charge in [-0.25, -0.2) is 0 Å². The molecule has 0 bridgehead atoms. The van der Waals surface area contributed by atoms with E-state index < -0.39 is 0 Å². The molecule has 166 valence electrons. The molecule has 0 spiro atoms. The summed E-state index contributed by atoms with van der Waals surface area (Å²) < 4.78 is 0. The SMILES string of the molecule is O=C(Nc1cnccc1N1CCNCC1)c1ccc(N2CCC(c3ccccc3)CC2)s1. The van der Waals surface area contributed by atoms with Gasteiger partial charge >= 0.3 is 0 Å². The van der Waals surface area contributed by atoms with Crippen LogP contribution < -0.4 is 20.4 Å². The number of carbonyl (C=O) groups is 1. The number of anilines is 3. The van der Waals surface area contributed by atoms with E-state index in [2.05, 4.69) is 61.8 Å². The van der Waals surface area contributed by atoms with Crippen molar-refractivity contribution in [1.29, 1.82) is 0 Å². The summed E-state index contributed by atoms with van der Waals surface area (Å²) in [6.45, 7) is 5.80. The number of pyridine rings is 1. The van der Waals surface area contributed by atoms with Crippen molar-refractivity contribution in [2.24, 2.45) is 0 Å². The quantitative estimate of drug-likeness (QED) is 0.614. The lowest BCUT2D eigenvalue weighted by molar-refractivity contribution is 0.103. The first-order chi connectivity index (χ1) is 15.8. The predicted molar refractivity (Wildman–Crippen MR) is 132 cm³/mol. The highest BCUT2D eigenvalue weighted by atomic mass is 32.1. The summed E-state index contributed by atoms with van der Waals surface area (Å²) in [4.78, 5) is 22.7. The van der Waals surface area contributed by atoms with Gasteiger partial charge in [0.25, 0.3) is 5.91 Å². The largest absolute Gasteiger partial charge is 0.367 e. The molecule has 0 aliphatic carbocycles. The number of nitrogens with zero attached hydrogens (tertiary/aromatic N) is 3. The van der Waals surface area contributed by atoms with E-state index in [0.29, 0.717) is 5.92 Å². The number of amides is 1. The van der Waals surface area contributed by atoms with E-state index in [9.17, 15) is 4.79 Å². The highest BCUT2D eigenvalue weighted by Gasteiger charge is 2.23. The Labute approximate surface area is 193 Å². The van der Waals surface area contributed by atoms with E-state index in [-0.39, 0.29) is 5.91 Å². The lowest BCUT2D eigenvalue weighted by Gasteiger charge is -2.32. The Kier molecular flexibility index (Phi) is 6.36. The number of aromatic nitrogens is 1. The Hall–Kier alpha value is -2.90. The third-order valence-electron chi connectivity index (χ3n) is 6.40. The van der Waals surface area contributed by atoms with Crippen molar-refractivity contribution in [1.82, 2.24) is 10.3 Å². The third kappa shape index (κ3) is 4.64. The smallest absolute Gasteiger partial charge is 0.265 e. The summed E-state index contributed by atoms with van der Waals surface area (Å²) in [5.41, 5.74) is 3.25. The molecule has 32 heavy (non-hydrogen) atoms.